The highest BCUT2D eigenvalue weighted by molar-refractivity contribution is 9.10. The van der Waals surface area contributed by atoms with Gasteiger partial charge in [0, 0.05) is 61.6 Å². The summed E-state index contributed by atoms with van der Waals surface area (Å²) in [6, 6.07) is 99.8. The molecule has 14 rings (SSSR count). The van der Waals surface area contributed by atoms with E-state index in [1.54, 1.807) is 0 Å². The lowest BCUT2D eigenvalue weighted by Gasteiger charge is -2.27. The van der Waals surface area contributed by atoms with E-state index in [2.05, 4.69) is 300 Å². The first-order chi connectivity index (χ1) is 36.1. The van der Waals surface area contributed by atoms with Gasteiger partial charge in [0.05, 0.1) is 5.69 Å². The minimum Gasteiger partial charge on any atom is -0.310 e. The summed E-state index contributed by atoms with van der Waals surface area (Å²) in [6.45, 7) is 0. The van der Waals surface area contributed by atoms with Crippen molar-refractivity contribution in [1.29, 1.82) is 0 Å². The first-order valence-corrected chi connectivity index (χ1v) is 27.0. The Bertz CT molecular complexity index is 4170. The predicted molar refractivity (Wildman–Crippen MR) is 323 cm³/mol. The second-order valence-electron chi connectivity index (χ2n) is 18.1. The number of hydrogen-bond acceptors (Lipinski definition) is 3. The van der Waals surface area contributed by atoms with Crippen molar-refractivity contribution in [2.75, 3.05) is 4.90 Å². The van der Waals surface area contributed by atoms with E-state index in [4.69, 9.17) is 0 Å². The van der Waals surface area contributed by atoms with Gasteiger partial charge in [-0.05, 0) is 123 Å². The van der Waals surface area contributed by atoms with Crippen LogP contribution in [0.2, 0.25) is 0 Å². The molecule has 0 spiro atoms. The van der Waals surface area contributed by atoms with E-state index in [0.29, 0.717) is 0 Å². The van der Waals surface area contributed by atoms with Crippen LogP contribution in [0, 0.1) is 0 Å². The Morgan fingerprint density at radius 1 is 0.301 bits per heavy atom. The lowest BCUT2D eigenvalue weighted by Crippen LogP contribution is -2.10. The Morgan fingerprint density at radius 2 is 0.740 bits per heavy atom. The van der Waals surface area contributed by atoms with Crippen LogP contribution in [0.5, 0.6) is 0 Å². The van der Waals surface area contributed by atoms with E-state index < -0.39 is 0 Å². The van der Waals surface area contributed by atoms with Gasteiger partial charge in [0.1, 0.15) is 0 Å². The summed E-state index contributed by atoms with van der Waals surface area (Å²) >= 11 is 7.21. The first kappa shape index (κ1) is 46.0. The second kappa shape index (κ2) is 20.9. The van der Waals surface area contributed by atoms with Gasteiger partial charge in [0.25, 0.3) is 0 Å². The van der Waals surface area contributed by atoms with Crippen molar-refractivity contribution in [2.24, 2.45) is 0 Å². The quantitative estimate of drug-likeness (QED) is 0.154. The van der Waals surface area contributed by atoms with Crippen molar-refractivity contribution in [1.82, 2.24) is 0 Å². The maximum Gasteiger partial charge on any atom is 0.0540 e. The molecule has 73 heavy (non-hydrogen) atoms. The number of rotatable bonds is 7. The molecule has 0 fully saturated rings. The normalized spacial score (nSPS) is 11.1. The van der Waals surface area contributed by atoms with E-state index >= 15 is 0 Å². The first-order valence-electron chi connectivity index (χ1n) is 24.6. The zero-order valence-electron chi connectivity index (χ0n) is 39.9. The van der Waals surface area contributed by atoms with Crippen molar-refractivity contribution < 1.29 is 0 Å². The topological polar surface area (TPSA) is 3.24 Å². The summed E-state index contributed by atoms with van der Waals surface area (Å²) < 4.78 is 6.51. The number of anilines is 3. The van der Waals surface area contributed by atoms with E-state index in [9.17, 15) is 0 Å². The average molecular weight is 1040 g/mol. The van der Waals surface area contributed by atoms with E-state index in [0.717, 1.165) is 22.3 Å². The standard InChI is InChI=1S/C34H23NS.C23H18.C12H7BrS/c1-2-9-24(10-3-1)25-17-19-27(20-18-25)35(32-15-8-12-26-11-4-5-13-29(26)32)28-21-22-34-31(23-28)30-14-6-7-16-33(30)36-34;1-2-7-19(8-3-1)20-15-13-18(14-16-20)17-22-11-6-10-21-9-4-5-12-23(21)22;13-8-5-6-12-10(7-8)9-3-1-2-4-11(9)14-12/h1-23H;1-16H,17H2;1-7H. The molecule has 0 aliphatic rings. The maximum atomic E-state index is 3.51. The molecule has 0 aliphatic heterocycles. The fraction of sp³-hybridized carbons (Fsp3) is 0.0145. The van der Waals surface area contributed by atoms with E-state index in [-0.39, 0.29) is 0 Å². The largest absolute Gasteiger partial charge is 0.310 e. The van der Waals surface area contributed by atoms with Gasteiger partial charge in [-0.1, -0.05) is 228 Å². The molecule has 0 saturated heterocycles. The minimum absolute atomic E-state index is 0.969. The van der Waals surface area contributed by atoms with Gasteiger partial charge in [0.15, 0.2) is 0 Å². The number of thiophene rings is 2. The van der Waals surface area contributed by atoms with Crippen LogP contribution in [-0.4, -0.2) is 0 Å². The van der Waals surface area contributed by atoms with Crippen molar-refractivity contribution in [2.45, 2.75) is 6.42 Å². The third-order valence-corrected chi connectivity index (χ3v) is 16.3. The summed E-state index contributed by atoms with van der Waals surface area (Å²) in [6.07, 6.45) is 0.969. The molecule has 4 heteroatoms. The number of fused-ring (bicyclic) bond motifs is 8. The molecule has 14 aromatic rings. The molecule has 0 aliphatic carbocycles. The Labute approximate surface area is 442 Å². The molecule has 0 amide bonds. The molecular weight excluding hydrogens is 987 g/mol. The van der Waals surface area contributed by atoms with E-state index in [1.165, 1.54) is 101 Å². The summed E-state index contributed by atoms with van der Waals surface area (Å²) in [7, 11) is 0. The Balaban J connectivity index is 0.000000124. The van der Waals surface area contributed by atoms with Gasteiger partial charge >= 0.3 is 0 Å². The SMILES string of the molecule is Brc1ccc2sc3ccccc3c2c1.c1ccc(-c2ccc(Cc3cccc4ccccc34)cc2)cc1.c1ccc(-c2ccc(N(c3ccc4sc5ccccc5c4c3)c3cccc4ccccc34)cc2)cc1. The molecule has 0 saturated carbocycles. The monoisotopic (exact) mass is 1030 g/mol. The number of halogens is 1. The number of hydrogen-bond donors (Lipinski definition) is 0. The van der Waals surface area contributed by atoms with Gasteiger partial charge in [0.2, 0.25) is 0 Å². The van der Waals surface area contributed by atoms with Gasteiger partial charge in [-0.25, -0.2) is 0 Å². The molecule has 0 atom stereocenters. The Kier molecular flexibility index (Phi) is 13.2. The molecule has 0 unspecified atom stereocenters. The zero-order chi connectivity index (χ0) is 48.9. The highest BCUT2D eigenvalue weighted by Crippen LogP contribution is 2.43. The van der Waals surface area contributed by atoms with Crippen molar-refractivity contribution >= 4 is 118 Å². The lowest BCUT2D eigenvalue weighted by molar-refractivity contribution is 1.21. The molecule has 348 valence electrons. The minimum atomic E-state index is 0.969. The molecule has 0 N–H and O–H groups in total. The van der Waals surface area contributed by atoms with Crippen LogP contribution in [0.3, 0.4) is 0 Å². The zero-order valence-corrected chi connectivity index (χ0v) is 43.1. The summed E-state index contributed by atoms with van der Waals surface area (Å²) in [5, 5.41) is 10.5. The fourth-order valence-electron chi connectivity index (χ4n) is 9.93. The summed E-state index contributed by atoms with van der Waals surface area (Å²) in [5.74, 6) is 0. The van der Waals surface area contributed by atoms with Gasteiger partial charge in [-0.2, -0.15) is 0 Å². The maximum absolute atomic E-state index is 3.51. The highest BCUT2D eigenvalue weighted by Gasteiger charge is 2.17. The van der Waals surface area contributed by atoms with Crippen molar-refractivity contribution in [3.05, 3.63) is 295 Å². The van der Waals surface area contributed by atoms with Crippen LogP contribution in [0.25, 0.3) is 84.1 Å². The molecule has 12 aromatic carbocycles. The fourth-order valence-corrected chi connectivity index (χ4v) is 12.5. The van der Waals surface area contributed by atoms with Crippen LogP contribution < -0.4 is 4.90 Å². The molecular formula is C69H48BrNS2. The van der Waals surface area contributed by atoms with Crippen molar-refractivity contribution in [3.63, 3.8) is 0 Å². The predicted octanol–water partition coefficient (Wildman–Crippen LogP) is 21.3. The summed E-state index contributed by atoms with van der Waals surface area (Å²) in [4.78, 5) is 2.39. The molecule has 0 radical (unpaired) electrons. The third kappa shape index (κ3) is 9.81. The highest BCUT2D eigenvalue weighted by atomic mass is 79.9. The van der Waals surface area contributed by atoms with Gasteiger partial charge in [-0.3, -0.25) is 0 Å². The molecule has 0 bridgehead atoms. The van der Waals surface area contributed by atoms with E-state index in [1.807, 2.05) is 22.7 Å². The number of nitrogens with zero attached hydrogens (tertiary/aromatic N) is 1. The molecule has 2 heterocycles. The molecule has 1 nitrogen and oxygen atoms in total. The Hall–Kier alpha value is -8.12. The van der Waals surface area contributed by atoms with Crippen LogP contribution >= 0.6 is 38.6 Å². The van der Waals surface area contributed by atoms with Gasteiger partial charge in [-0.15, -0.1) is 22.7 Å². The lowest BCUT2D eigenvalue weighted by atomic mass is 9.97. The smallest absolute Gasteiger partial charge is 0.0540 e. The van der Waals surface area contributed by atoms with Crippen LogP contribution in [0.1, 0.15) is 11.1 Å². The van der Waals surface area contributed by atoms with Crippen LogP contribution in [0.15, 0.2) is 284 Å². The second-order valence-corrected chi connectivity index (χ2v) is 21.2. The van der Waals surface area contributed by atoms with Gasteiger partial charge < -0.3 is 4.90 Å². The average Bonchev–Trinajstić information content (AvgIpc) is 4.02. The third-order valence-electron chi connectivity index (χ3n) is 13.5. The van der Waals surface area contributed by atoms with Crippen molar-refractivity contribution in [3.8, 4) is 22.3 Å². The number of benzene rings is 12. The molecule has 2 aromatic heterocycles. The van der Waals surface area contributed by atoms with Crippen LogP contribution in [-0.2, 0) is 6.42 Å². The summed E-state index contributed by atoms with van der Waals surface area (Å²) in [5.41, 5.74) is 11.2. The Morgan fingerprint density at radius 3 is 1.37 bits per heavy atom. The van der Waals surface area contributed by atoms with Crippen LogP contribution in [0.4, 0.5) is 17.1 Å².